The normalized spacial score (nSPS) is 11.5. The number of anilines is 3. The molecule has 0 spiro atoms. The highest BCUT2D eigenvalue weighted by molar-refractivity contribution is 7.93. The number of nitrogens with two attached hydrogens (primary N) is 1. The maximum absolute atomic E-state index is 13.2. The van der Waals surface area contributed by atoms with E-state index in [-0.39, 0.29) is 66.1 Å². The third-order valence-electron chi connectivity index (χ3n) is 5.90. The molecule has 2 aromatic heterocycles. The van der Waals surface area contributed by atoms with Crippen LogP contribution in [-0.4, -0.2) is 71.0 Å². The number of ether oxygens (including phenoxy) is 2. The van der Waals surface area contributed by atoms with Gasteiger partial charge in [0, 0.05) is 24.2 Å². The summed E-state index contributed by atoms with van der Waals surface area (Å²) in [5.74, 6) is -5.93. The first-order valence-electron chi connectivity index (χ1n) is 12.7. The molecular formula is C26H26F3N7O7S. The Morgan fingerprint density at radius 2 is 1.86 bits per heavy atom. The molecule has 0 unspecified atom stereocenters. The summed E-state index contributed by atoms with van der Waals surface area (Å²) in [7, 11) is -5.05. The lowest BCUT2D eigenvalue weighted by Crippen LogP contribution is -2.21. The molecule has 18 heteroatoms. The van der Waals surface area contributed by atoms with Crippen molar-refractivity contribution in [3.8, 4) is 17.0 Å². The summed E-state index contributed by atoms with van der Waals surface area (Å²) in [5, 5.41) is 22.6. The van der Waals surface area contributed by atoms with Crippen molar-refractivity contribution in [2.45, 2.75) is 18.7 Å². The number of carboxylic acid groups (broad SMARTS) is 1. The van der Waals surface area contributed by atoms with Gasteiger partial charge >= 0.3 is 11.7 Å². The summed E-state index contributed by atoms with van der Waals surface area (Å²) >= 11 is 0. The SMILES string of the molecule is NC(=O)c1c(-c2ccc(NS(=O)(=O)C(F)F)c(OCCc3ccc(F)cc3)c2)n[nH]c1Nc1ccn(CCOCC(=O)O)n1. The molecule has 0 saturated heterocycles. The third kappa shape index (κ3) is 8.26. The Labute approximate surface area is 248 Å². The number of aromatic amines is 1. The number of hydrogen-bond acceptors (Lipinski definition) is 9. The van der Waals surface area contributed by atoms with Crippen molar-refractivity contribution < 1.29 is 45.8 Å². The average molecular weight is 638 g/mol. The second-order valence-electron chi connectivity index (χ2n) is 9.07. The van der Waals surface area contributed by atoms with Gasteiger partial charge in [0.2, 0.25) is 0 Å². The number of halogens is 3. The molecule has 0 aliphatic carbocycles. The van der Waals surface area contributed by atoms with Crippen LogP contribution >= 0.6 is 0 Å². The van der Waals surface area contributed by atoms with Gasteiger partial charge in [0.25, 0.3) is 15.9 Å². The molecule has 2 heterocycles. The predicted molar refractivity (Wildman–Crippen MR) is 151 cm³/mol. The van der Waals surface area contributed by atoms with Crippen molar-refractivity contribution in [1.82, 2.24) is 20.0 Å². The molecule has 0 fully saturated rings. The Bertz CT molecular complexity index is 1730. The third-order valence-corrected chi connectivity index (χ3v) is 6.87. The first kappa shape index (κ1) is 31.8. The van der Waals surface area contributed by atoms with Crippen LogP contribution in [0.3, 0.4) is 0 Å². The number of rotatable bonds is 16. The van der Waals surface area contributed by atoms with Crippen LogP contribution in [0.25, 0.3) is 11.3 Å². The molecule has 1 amide bonds. The molecule has 0 radical (unpaired) electrons. The molecule has 4 aromatic rings. The van der Waals surface area contributed by atoms with Crippen LogP contribution < -0.4 is 20.5 Å². The lowest BCUT2D eigenvalue weighted by molar-refractivity contribution is -0.142. The summed E-state index contributed by atoms with van der Waals surface area (Å²) < 4.78 is 77.1. The van der Waals surface area contributed by atoms with Crippen molar-refractivity contribution >= 4 is 39.2 Å². The van der Waals surface area contributed by atoms with Crippen molar-refractivity contribution in [2.75, 3.05) is 29.9 Å². The van der Waals surface area contributed by atoms with Crippen LogP contribution in [0.2, 0.25) is 0 Å². The Balaban J connectivity index is 1.57. The lowest BCUT2D eigenvalue weighted by Gasteiger charge is -2.15. The van der Waals surface area contributed by atoms with E-state index in [1.54, 1.807) is 17.0 Å². The van der Waals surface area contributed by atoms with E-state index < -0.39 is 40.1 Å². The van der Waals surface area contributed by atoms with Gasteiger partial charge in [0.05, 0.1) is 25.4 Å². The van der Waals surface area contributed by atoms with Crippen LogP contribution in [0.15, 0.2) is 54.7 Å². The molecule has 0 saturated carbocycles. The number of primary amides is 1. The van der Waals surface area contributed by atoms with Crippen molar-refractivity contribution in [3.05, 3.63) is 71.7 Å². The zero-order valence-electron chi connectivity index (χ0n) is 22.7. The van der Waals surface area contributed by atoms with Gasteiger partial charge in [-0.1, -0.05) is 18.2 Å². The zero-order chi connectivity index (χ0) is 31.9. The van der Waals surface area contributed by atoms with Gasteiger partial charge in [-0.05, 0) is 29.8 Å². The van der Waals surface area contributed by atoms with Crippen LogP contribution in [-0.2, 0) is 32.5 Å². The number of benzene rings is 2. The fraction of sp³-hybridized carbons (Fsp3) is 0.231. The minimum absolute atomic E-state index is 0.0353. The smallest absolute Gasteiger partial charge is 0.355 e. The summed E-state index contributed by atoms with van der Waals surface area (Å²) in [4.78, 5) is 23.0. The number of nitrogens with one attached hydrogen (secondary N) is 3. The standard InChI is InChI=1S/C26H26F3N7O7S/c27-17-4-1-15(2-5-17)8-11-43-19-13-16(3-6-18(19)35-44(40,41)26(28)29)23-22(24(30)39)25(33-32-23)31-20-7-9-36(34-20)10-12-42-14-21(37)38/h1-7,9,13,26,35H,8,10-12,14H2,(H2,30,39)(H,37,38)(H2,31,32,33,34). The van der Waals surface area contributed by atoms with Gasteiger partial charge in [0.1, 0.15) is 35.2 Å². The summed E-state index contributed by atoms with van der Waals surface area (Å²) in [6, 6.07) is 10.9. The molecule has 0 atom stereocenters. The Hall–Kier alpha value is -5.10. The number of nitrogens with zero attached hydrogens (tertiary/aromatic N) is 3. The van der Waals surface area contributed by atoms with Crippen LogP contribution in [0.4, 0.5) is 30.5 Å². The molecule has 6 N–H and O–H groups in total. The van der Waals surface area contributed by atoms with Gasteiger partial charge < -0.3 is 25.6 Å². The molecule has 234 valence electrons. The lowest BCUT2D eigenvalue weighted by atomic mass is 10.1. The number of sulfonamides is 1. The predicted octanol–water partition coefficient (Wildman–Crippen LogP) is 2.94. The number of carboxylic acids is 1. The highest BCUT2D eigenvalue weighted by Crippen LogP contribution is 2.35. The van der Waals surface area contributed by atoms with Crippen molar-refractivity contribution in [2.24, 2.45) is 5.73 Å². The van der Waals surface area contributed by atoms with E-state index in [9.17, 15) is 31.2 Å². The van der Waals surface area contributed by atoms with Gasteiger partial charge in [-0.2, -0.15) is 19.0 Å². The second kappa shape index (κ2) is 13.9. The Morgan fingerprint density at radius 3 is 2.55 bits per heavy atom. The maximum atomic E-state index is 13.2. The van der Waals surface area contributed by atoms with E-state index in [0.29, 0.717) is 5.56 Å². The molecule has 14 nitrogen and oxygen atoms in total. The largest absolute Gasteiger partial charge is 0.491 e. The molecule has 4 rings (SSSR count). The summed E-state index contributed by atoms with van der Waals surface area (Å²) in [6.07, 6.45) is 1.86. The molecule has 0 bridgehead atoms. The Morgan fingerprint density at radius 1 is 1.11 bits per heavy atom. The quantitative estimate of drug-likeness (QED) is 0.114. The van der Waals surface area contributed by atoms with E-state index in [1.165, 1.54) is 47.1 Å². The molecule has 44 heavy (non-hydrogen) atoms. The van der Waals surface area contributed by atoms with Crippen LogP contribution in [0.1, 0.15) is 15.9 Å². The van der Waals surface area contributed by atoms with Crippen molar-refractivity contribution in [3.63, 3.8) is 0 Å². The highest BCUT2D eigenvalue weighted by Gasteiger charge is 2.26. The number of hydrogen-bond donors (Lipinski definition) is 5. The monoisotopic (exact) mass is 637 g/mol. The van der Waals surface area contributed by atoms with Crippen molar-refractivity contribution in [1.29, 1.82) is 0 Å². The fourth-order valence-corrected chi connectivity index (χ4v) is 4.45. The number of carbonyl (C=O) groups is 2. The second-order valence-corrected chi connectivity index (χ2v) is 10.7. The van der Waals surface area contributed by atoms with Gasteiger partial charge in [-0.3, -0.25) is 19.3 Å². The average Bonchev–Trinajstić information content (AvgIpc) is 3.60. The summed E-state index contributed by atoms with van der Waals surface area (Å²) in [6.45, 7) is -0.159. The van der Waals surface area contributed by atoms with Gasteiger partial charge in [-0.25, -0.2) is 17.6 Å². The van der Waals surface area contributed by atoms with E-state index in [1.807, 2.05) is 0 Å². The van der Waals surface area contributed by atoms with E-state index >= 15 is 0 Å². The van der Waals surface area contributed by atoms with Crippen LogP contribution in [0.5, 0.6) is 5.75 Å². The fourth-order valence-electron chi connectivity index (χ4n) is 3.88. The number of amides is 1. The van der Waals surface area contributed by atoms with E-state index in [2.05, 4.69) is 20.6 Å². The minimum atomic E-state index is -5.05. The van der Waals surface area contributed by atoms with E-state index in [0.717, 1.165) is 0 Å². The first-order chi connectivity index (χ1) is 20.9. The Kier molecular flexibility index (Phi) is 10.1. The van der Waals surface area contributed by atoms with Gasteiger partial charge in [0.15, 0.2) is 5.82 Å². The number of aliphatic carboxylic acids is 1. The number of aromatic nitrogens is 4. The molecule has 0 aliphatic heterocycles. The molecule has 0 aliphatic rings. The topological polar surface area (TPSA) is 204 Å². The first-order valence-corrected chi connectivity index (χ1v) is 14.3. The van der Waals surface area contributed by atoms with Crippen LogP contribution in [0, 0.1) is 5.82 Å². The highest BCUT2D eigenvalue weighted by atomic mass is 32.2. The number of carbonyl (C=O) groups excluding carboxylic acids is 1. The van der Waals surface area contributed by atoms with Gasteiger partial charge in [-0.15, -0.1) is 0 Å². The molecule has 2 aromatic carbocycles. The maximum Gasteiger partial charge on any atom is 0.355 e. The van der Waals surface area contributed by atoms with E-state index in [4.69, 9.17) is 20.3 Å². The zero-order valence-corrected chi connectivity index (χ0v) is 23.5. The minimum Gasteiger partial charge on any atom is -0.491 e. The number of alkyl halides is 2. The molecular weight excluding hydrogens is 611 g/mol. The number of H-pyrrole nitrogens is 1. The summed E-state index contributed by atoms with van der Waals surface area (Å²) in [5.41, 5.74) is 6.21.